The molecule has 2 aromatic rings. The Balaban J connectivity index is 1.72. The van der Waals surface area contributed by atoms with Crippen LogP contribution in [0.25, 0.3) is 0 Å². The van der Waals surface area contributed by atoms with Gasteiger partial charge >= 0.3 is 5.97 Å². The number of hydrogen-bond acceptors (Lipinski definition) is 3. The minimum absolute atomic E-state index is 0.0532. The van der Waals surface area contributed by atoms with Crippen LogP contribution < -0.4 is 9.64 Å². The van der Waals surface area contributed by atoms with E-state index in [9.17, 15) is 9.59 Å². The minimum Gasteiger partial charge on any atom is -0.481 e. The number of amides is 1. The highest BCUT2D eigenvalue weighted by Crippen LogP contribution is 2.28. The number of carboxylic acid groups (broad SMARTS) is 1. The van der Waals surface area contributed by atoms with Gasteiger partial charge in [-0.1, -0.05) is 18.2 Å². The first-order chi connectivity index (χ1) is 10.6. The Morgan fingerprint density at radius 2 is 1.68 bits per heavy atom. The van der Waals surface area contributed by atoms with E-state index in [0.717, 1.165) is 5.75 Å². The molecule has 1 aliphatic heterocycles. The SMILES string of the molecule is O=C(O)[C@@H]1CC(=O)N(c2ccc(Oc3ccccc3)cc2)C1. The fourth-order valence-corrected chi connectivity index (χ4v) is 2.44. The molecule has 1 saturated heterocycles. The van der Waals surface area contributed by atoms with E-state index in [1.54, 1.807) is 24.3 Å². The molecule has 1 N–H and O–H groups in total. The smallest absolute Gasteiger partial charge is 0.308 e. The monoisotopic (exact) mass is 297 g/mol. The number of para-hydroxylation sites is 1. The number of hydrogen-bond donors (Lipinski definition) is 1. The third-order valence-electron chi connectivity index (χ3n) is 3.60. The first-order valence-electron chi connectivity index (χ1n) is 6.99. The molecule has 0 spiro atoms. The van der Waals surface area contributed by atoms with Crippen molar-refractivity contribution in [2.45, 2.75) is 6.42 Å². The molecule has 1 aliphatic rings. The third-order valence-corrected chi connectivity index (χ3v) is 3.60. The van der Waals surface area contributed by atoms with Crippen LogP contribution >= 0.6 is 0 Å². The van der Waals surface area contributed by atoms with Crippen molar-refractivity contribution in [1.29, 1.82) is 0 Å². The van der Waals surface area contributed by atoms with Crippen molar-refractivity contribution >= 4 is 17.6 Å². The number of nitrogens with zero attached hydrogens (tertiary/aromatic N) is 1. The van der Waals surface area contributed by atoms with E-state index in [1.807, 2.05) is 30.3 Å². The number of ether oxygens (including phenoxy) is 1. The van der Waals surface area contributed by atoms with Crippen molar-refractivity contribution in [3.63, 3.8) is 0 Å². The lowest BCUT2D eigenvalue weighted by Crippen LogP contribution is -2.25. The van der Waals surface area contributed by atoms with Gasteiger partial charge in [-0.05, 0) is 36.4 Å². The topological polar surface area (TPSA) is 66.8 Å². The standard InChI is InChI=1S/C17H15NO4/c19-16-10-12(17(20)21)11-18(16)13-6-8-15(9-7-13)22-14-4-2-1-3-5-14/h1-9,12H,10-11H2,(H,20,21)/t12-/m1/s1. The molecular weight excluding hydrogens is 282 g/mol. The summed E-state index contributed by atoms with van der Waals surface area (Å²) in [5.74, 6) is -0.327. The number of benzene rings is 2. The number of carbonyl (C=O) groups excluding carboxylic acids is 1. The fraction of sp³-hybridized carbons (Fsp3) is 0.176. The van der Waals surface area contributed by atoms with E-state index in [2.05, 4.69) is 0 Å². The van der Waals surface area contributed by atoms with Gasteiger partial charge in [-0.25, -0.2) is 0 Å². The van der Waals surface area contributed by atoms with E-state index in [-0.39, 0.29) is 18.9 Å². The second-order valence-electron chi connectivity index (χ2n) is 5.15. The van der Waals surface area contributed by atoms with Crippen LogP contribution in [-0.4, -0.2) is 23.5 Å². The maximum atomic E-state index is 11.9. The molecule has 0 unspecified atom stereocenters. The van der Waals surface area contributed by atoms with Gasteiger partial charge in [0.1, 0.15) is 11.5 Å². The second-order valence-corrected chi connectivity index (χ2v) is 5.15. The number of carbonyl (C=O) groups is 2. The van der Waals surface area contributed by atoms with Crippen LogP contribution in [0.2, 0.25) is 0 Å². The van der Waals surface area contributed by atoms with Gasteiger partial charge in [-0.2, -0.15) is 0 Å². The number of aliphatic carboxylic acids is 1. The van der Waals surface area contributed by atoms with E-state index in [0.29, 0.717) is 11.4 Å². The van der Waals surface area contributed by atoms with Crippen LogP contribution in [0.15, 0.2) is 54.6 Å². The van der Waals surface area contributed by atoms with E-state index in [4.69, 9.17) is 9.84 Å². The molecule has 22 heavy (non-hydrogen) atoms. The average molecular weight is 297 g/mol. The molecule has 0 radical (unpaired) electrons. The molecule has 5 heteroatoms. The quantitative estimate of drug-likeness (QED) is 0.942. The van der Waals surface area contributed by atoms with Crippen molar-refractivity contribution in [2.24, 2.45) is 5.92 Å². The Labute approximate surface area is 127 Å². The Morgan fingerprint density at radius 1 is 1.05 bits per heavy atom. The Morgan fingerprint density at radius 3 is 2.27 bits per heavy atom. The molecule has 0 bridgehead atoms. The van der Waals surface area contributed by atoms with Crippen molar-refractivity contribution in [2.75, 3.05) is 11.4 Å². The summed E-state index contributed by atoms with van der Waals surface area (Å²) in [6.45, 7) is 0.215. The van der Waals surface area contributed by atoms with Crippen LogP contribution in [0.3, 0.4) is 0 Å². The van der Waals surface area contributed by atoms with Crippen LogP contribution in [0.4, 0.5) is 5.69 Å². The van der Waals surface area contributed by atoms with Crippen LogP contribution in [0.1, 0.15) is 6.42 Å². The molecule has 112 valence electrons. The van der Waals surface area contributed by atoms with E-state index < -0.39 is 11.9 Å². The molecule has 5 nitrogen and oxygen atoms in total. The minimum atomic E-state index is -0.931. The predicted molar refractivity (Wildman–Crippen MR) is 81.1 cm³/mol. The molecule has 0 saturated carbocycles. The van der Waals surface area contributed by atoms with Crippen molar-refractivity contribution < 1.29 is 19.4 Å². The Bertz CT molecular complexity index is 682. The van der Waals surface area contributed by atoms with Gasteiger partial charge in [0.2, 0.25) is 5.91 Å². The Hall–Kier alpha value is -2.82. The summed E-state index contributed by atoms with van der Waals surface area (Å²) in [4.78, 5) is 24.4. The van der Waals surface area contributed by atoms with Gasteiger partial charge < -0.3 is 14.7 Å². The zero-order chi connectivity index (χ0) is 15.5. The highest BCUT2D eigenvalue weighted by Gasteiger charge is 2.34. The summed E-state index contributed by atoms with van der Waals surface area (Å²) in [6, 6.07) is 16.5. The van der Waals surface area contributed by atoms with Gasteiger partial charge in [0.15, 0.2) is 0 Å². The van der Waals surface area contributed by atoms with Crippen molar-refractivity contribution in [1.82, 2.24) is 0 Å². The van der Waals surface area contributed by atoms with Crippen LogP contribution in [0, 0.1) is 5.92 Å². The number of carboxylic acids is 1. The number of rotatable bonds is 4. The van der Waals surface area contributed by atoms with Gasteiger partial charge in [0.05, 0.1) is 5.92 Å². The summed E-state index contributed by atoms with van der Waals surface area (Å²) in [7, 11) is 0. The zero-order valence-corrected chi connectivity index (χ0v) is 11.8. The molecule has 0 aromatic heterocycles. The first-order valence-corrected chi connectivity index (χ1v) is 6.99. The zero-order valence-electron chi connectivity index (χ0n) is 11.8. The highest BCUT2D eigenvalue weighted by molar-refractivity contribution is 5.99. The van der Waals surface area contributed by atoms with Crippen molar-refractivity contribution in [3.8, 4) is 11.5 Å². The van der Waals surface area contributed by atoms with Crippen LogP contribution in [-0.2, 0) is 9.59 Å². The fourth-order valence-electron chi connectivity index (χ4n) is 2.44. The van der Waals surface area contributed by atoms with Gasteiger partial charge in [-0.3, -0.25) is 9.59 Å². The van der Waals surface area contributed by atoms with E-state index >= 15 is 0 Å². The number of anilines is 1. The van der Waals surface area contributed by atoms with Gasteiger partial charge in [0, 0.05) is 18.7 Å². The van der Waals surface area contributed by atoms with Gasteiger partial charge in [0.25, 0.3) is 0 Å². The average Bonchev–Trinajstić information content (AvgIpc) is 2.91. The highest BCUT2D eigenvalue weighted by atomic mass is 16.5. The molecule has 1 heterocycles. The maximum absolute atomic E-state index is 11.9. The van der Waals surface area contributed by atoms with Crippen LogP contribution in [0.5, 0.6) is 11.5 Å². The molecule has 1 atom stereocenters. The molecule has 2 aromatic carbocycles. The summed E-state index contributed by atoms with van der Waals surface area (Å²) in [5, 5.41) is 9.01. The summed E-state index contributed by atoms with van der Waals surface area (Å²) in [6.07, 6.45) is 0.0532. The van der Waals surface area contributed by atoms with E-state index in [1.165, 1.54) is 4.90 Å². The maximum Gasteiger partial charge on any atom is 0.308 e. The predicted octanol–water partition coefficient (Wildman–Crippen LogP) is 2.92. The summed E-state index contributed by atoms with van der Waals surface area (Å²) < 4.78 is 5.68. The molecular formula is C17H15NO4. The summed E-state index contributed by atoms with van der Waals surface area (Å²) in [5.41, 5.74) is 0.689. The lowest BCUT2D eigenvalue weighted by Gasteiger charge is -2.16. The van der Waals surface area contributed by atoms with Gasteiger partial charge in [-0.15, -0.1) is 0 Å². The first kappa shape index (κ1) is 14.1. The third kappa shape index (κ3) is 2.93. The molecule has 3 rings (SSSR count). The normalized spacial score (nSPS) is 17.5. The molecule has 1 fully saturated rings. The largest absolute Gasteiger partial charge is 0.481 e. The summed E-state index contributed by atoms with van der Waals surface area (Å²) >= 11 is 0. The lowest BCUT2D eigenvalue weighted by molar-refractivity contribution is -0.141. The second kappa shape index (κ2) is 5.89. The lowest BCUT2D eigenvalue weighted by atomic mass is 10.1. The Kier molecular flexibility index (Phi) is 3.78. The molecule has 0 aliphatic carbocycles. The van der Waals surface area contributed by atoms with Crippen molar-refractivity contribution in [3.05, 3.63) is 54.6 Å². The molecule has 1 amide bonds.